The van der Waals surface area contributed by atoms with Gasteiger partial charge in [-0.2, -0.15) is 23.3 Å². The number of alkyl halides is 3. The Bertz CT molecular complexity index is 925. The van der Waals surface area contributed by atoms with Crippen molar-refractivity contribution in [2.45, 2.75) is 44.8 Å². The predicted molar refractivity (Wildman–Crippen MR) is 97.8 cm³/mol. The van der Waals surface area contributed by atoms with E-state index in [4.69, 9.17) is 4.74 Å². The van der Waals surface area contributed by atoms with E-state index in [1.54, 1.807) is 17.7 Å². The van der Waals surface area contributed by atoms with Crippen LogP contribution in [-0.4, -0.2) is 38.9 Å². The third kappa shape index (κ3) is 3.85. The van der Waals surface area contributed by atoms with E-state index in [1.807, 2.05) is 6.92 Å². The Morgan fingerprint density at radius 3 is 2.69 bits per heavy atom. The third-order valence-electron chi connectivity index (χ3n) is 4.96. The van der Waals surface area contributed by atoms with Crippen LogP contribution in [-0.2, 0) is 15.7 Å². The molecular weight excluding hydrogens is 389 g/mol. The lowest BCUT2D eigenvalue weighted by Crippen LogP contribution is -2.14. The molecule has 3 heterocycles. The number of carbonyl (C=O) groups excluding carboxylic acids is 1. The number of carbonyl (C=O) groups is 1. The summed E-state index contributed by atoms with van der Waals surface area (Å²) in [5.74, 6) is -0.504. The number of hydrogen-bond acceptors (Lipinski definition) is 7. The van der Waals surface area contributed by atoms with Gasteiger partial charge in [-0.25, -0.2) is 9.67 Å². The maximum absolute atomic E-state index is 13.2. The number of esters is 1. The van der Waals surface area contributed by atoms with Gasteiger partial charge in [0.25, 0.3) is 0 Å². The van der Waals surface area contributed by atoms with Crippen molar-refractivity contribution in [3.8, 4) is 0 Å². The number of ether oxygens (including phenoxy) is 1. The van der Waals surface area contributed by atoms with Gasteiger partial charge in [-0.05, 0) is 19.8 Å². The summed E-state index contributed by atoms with van der Waals surface area (Å²) in [6, 6.07) is 1.90. The zero-order valence-electron chi connectivity index (χ0n) is 16.0. The van der Waals surface area contributed by atoms with Gasteiger partial charge < -0.3 is 15.4 Å². The number of aromatic nitrogens is 4. The Morgan fingerprint density at radius 1 is 1.34 bits per heavy atom. The highest BCUT2D eigenvalue weighted by atomic mass is 19.4. The molecule has 0 radical (unpaired) electrons. The van der Waals surface area contributed by atoms with Crippen LogP contribution >= 0.6 is 0 Å². The molecule has 1 aliphatic heterocycles. The van der Waals surface area contributed by atoms with E-state index in [-0.39, 0.29) is 36.2 Å². The van der Waals surface area contributed by atoms with Crippen LogP contribution in [0.2, 0.25) is 0 Å². The van der Waals surface area contributed by atoms with Crippen molar-refractivity contribution in [1.82, 2.24) is 19.7 Å². The van der Waals surface area contributed by atoms with Gasteiger partial charge >= 0.3 is 12.1 Å². The Morgan fingerprint density at radius 2 is 2.10 bits per heavy atom. The molecule has 2 aromatic rings. The molecule has 0 aromatic carbocycles. The fourth-order valence-corrected chi connectivity index (χ4v) is 3.37. The molecule has 11 heteroatoms. The molecule has 29 heavy (non-hydrogen) atoms. The van der Waals surface area contributed by atoms with Crippen molar-refractivity contribution in [3.05, 3.63) is 23.5 Å². The Hall–Kier alpha value is -2.85. The van der Waals surface area contributed by atoms with Crippen molar-refractivity contribution >= 4 is 23.6 Å². The molecule has 2 N–H and O–H groups in total. The van der Waals surface area contributed by atoms with Gasteiger partial charge in [0.2, 0.25) is 5.95 Å². The lowest BCUT2D eigenvalue weighted by Gasteiger charge is -2.14. The molecule has 0 spiro atoms. The van der Waals surface area contributed by atoms with Crippen LogP contribution < -0.4 is 10.6 Å². The first kappa shape index (κ1) is 19.5. The summed E-state index contributed by atoms with van der Waals surface area (Å²) in [5, 5.41) is 10.2. The minimum atomic E-state index is -4.56. The smallest absolute Gasteiger partial charge is 0.421 e. The molecule has 1 saturated heterocycles. The monoisotopic (exact) mass is 410 g/mol. The summed E-state index contributed by atoms with van der Waals surface area (Å²) in [7, 11) is 0. The van der Waals surface area contributed by atoms with Gasteiger partial charge in [-0.15, -0.1) is 0 Å². The Balaban J connectivity index is 1.65. The Labute approximate surface area is 164 Å². The number of cyclic esters (lactones) is 1. The number of rotatable bonds is 6. The number of anilines is 3. The van der Waals surface area contributed by atoms with Gasteiger partial charge in [0, 0.05) is 24.7 Å². The van der Waals surface area contributed by atoms with Crippen molar-refractivity contribution in [2.75, 3.05) is 23.8 Å². The van der Waals surface area contributed by atoms with Crippen LogP contribution in [0.1, 0.15) is 49.9 Å². The van der Waals surface area contributed by atoms with Gasteiger partial charge in [0.05, 0.1) is 18.3 Å². The molecule has 2 aliphatic rings. The molecule has 2 atom stereocenters. The summed E-state index contributed by atoms with van der Waals surface area (Å²) in [4.78, 5) is 19.9. The van der Waals surface area contributed by atoms with E-state index >= 15 is 0 Å². The van der Waals surface area contributed by atoms with Crippen LogP contribution in [0.15, 0.2) is 12.3 Å². The van der Waals surface area contributed by atoms with Gasteiger partial charge in [-0.1, -0.05) is 6.92 Å². The second kappa shape index (κ2) is 7.20. The highest BCUT2D eigenvalue weighted by molar-refractivity contribution is 5.80. The summed E-state index contributed by atoms with van der Waals surface area (Å²) in [6.07, 6.45) is -1.92. The minimum absolute atomic E-state index is 0.000536. The quantitative estimate of drug-likeness (QED) is 0.704. The summed E-state index contributed by atoms with van der Waals surface area (Å²) >= 11 is 0. The fourth-order valence-electron chi connectivity index (χ4n) is 3.37. The first-order chi connectivity index (χ1) is 13.8. The number of nitrogens with zero attached hydrogens (tertiary/aromatic N) is 4. The maximum Gasteiger partial charge on any atom is 0.421 e. The molecule has 2 fully saturated rings. The van der Waals surface area contributed by atoms with E-state index in [9.17, 15) is 18.0 Å². The predicted octanol–water partition coefficient (Wildman–Crippen LogP) is 3.48. The van der Waals surface area contributed by atoms with Crippen molar-refractivity contribution in [3.63, 3.8) is 0 Å². The van der Waals surface area contributed by atoms with E-state index in [1.165, 1.54) is 0 Å². The third-order valence-corrected chi connectivity index (χ3v) is 4.96. The molecule has 1 unspecified atom stereocenters. The van der Waals surface area contributed by atoms with Gasteiger partial charge in [0.15, 0.2) is 0 Å². The van der Waals surface area contributed by atoms with E-state index < -0.39 is 17.7 Å². The second-order valence-electron chi connectivity index (χ2n) is 7.32. The molecule has 8 nitrogen and oxygen atoms in total. The summed E-state index contributed by atoms with van der Waals surface area (Å²) in [5.41, 5.74) is -0.350. The van der Waals surface area contributed by atoms with Crippen LogP contribution in [0.4, 0.5) is 30.8 Å². The van der Waals surface area contributed by atoms with E-state index in [0.29, 0.717) is 18.1 Å². The average molecular weight is 410 g/mol. The molecule has 1 aliphatic carbocycles. The average Bonchev–Trinajstić information content (AvgIpc) is 3.33. The first-order valence-electron chi connectivity index (χ1n) is 9.49. The zero-order chi connectivity index (χ0) is 20.8. The van der Waals surface area contributed by atoms with Crippen molar-refractivity contribution in [2.24, 2.45) is 5.92 Å². The van der Waals surface area contributed by atoms with Gasteiger partial charge in [-0.3, -0.25) is 4.79 Å². The van der Waals surface area contributed by atoms with Crippen LogP contribution in [0.5, 0.6) is 0 Å². The molecule has 4 rings (SSSR count). The first-order valence-corrected chi connectivity index (χ1v) is 9.49. The highest BCUT2D eigenvalue weighted by Crippen LogP contribution is 2.40. The number of nitrogens with one attached hydrogen (secondary N) is 2. The Kier molecular flexibility index (Phi) is 4.83. The maximum atomic E-state index is 13.2. The molecule has 2 aromatic heterocycles. The second-order valence-corrected chi connectivity index (χ2v) is 7.32. The lowest BCUT2D eigenvalue weighted by molar-refractivity contribution is -0.139. The fraction of sp³-hybridized carbons (Fsp3) is 0.556. The molecule has 1 saturated carbocycles. The van der Waals surface area contributed by atoms with E-state index in [2.05, 4.69) is 25.7 Å². The van der Waals surface area contributed by atoms with Crippen molar-refractivity contribution in [1.29, 1.82) is 0 Å². The topological polar surface area (TPSA) is 94.0 Å². The molecular formula is C18H21F3N6O2. The number of halogens is 3. The normalized spacial score (nSPS) is 21.9. The molecule has 0 amide bonds. The van der Waals surface area contributed by atoms with E-state index in [0.717, 1.165) is 19.0 Å². The molecule has 0 bridgehead atoms. The molecule has 156 valence electrons. The van der Waals surface area contributed by atoms with Gasteiger partial charge in [0.1, 0.15) is 23.1 Å². The summed E-state index contributed by atoms with van der Waals surface area (Å²) in [6.45, 7) is 4.23. The largest absolute Gasteiger partial charge is 0.465 e. The van der Waals surface area contributed by atoms with Crippen molar-refractivity contribution < 1.29 is 22.7 Å². The van der Waals surface area contributed by atoms with Crippen LogP contribution in [0.25, 0.3) is 0 Å². The van der Waals surface area contributed by atoms with Crippen LogP contribution in [0.3, 0.4) is 0 Å². The van der Waals surface area contributed by atoms with Crippen LogP contribution in [0, 0.1) is 5.92 Å². The number of hydrogen-bond donors (Lipinski definition) is 2. The standard InChI is InChI=1S/C18H21F3N6O2/c1-3-22-15-11(18(19,20)21)7-23-17(25-15)24-13-6-12(26-27(13)10-4-5-10)14-9(2)8-29-16(14)28/h6-7,9-10,14H,3-5,8H2,1-2H3,(H2,22,23,24,25)/t9-,14?/m0/s1. The summed E-state index contributed by atoms with van der Waals surface area (Å²) < 4.78 is 46.3. The lowest BCUT2D eigenvalue weighted by atomic mass is 9.94. The highest BCUT2D eigenvalue weighted by Gasteiger charge is 2.39. The SMILES string of the molecule is CCNc1nc(Nc2cc(C3C(=O)OC[C@@H]3C)nn2C2CC2)ncc1C(F)(F)F. The minimum Gasteiger partial charge on any atom is -0.465 e. The zero-order valence-corrected chi connectivity index (χ0v) is 16.0.